The third kappa shape index (κ3) is 5.61. The summed E-state index contributed by atoms with van der Waals surface area (Å²) >= 11 is 0. The van der Waals surface area contributed by atoms with Gasteiger partial charge < -0.3 is 9.47 Å². The van der Waals surface area contributed by atoms with Gasteiger partial charge in [0, 0.05) is 13.1 Å². The van der Waals surface area contributed by atoms with E-state index in [9.17, 15) is 13.2 Å². The summed E-state index contributed by atoms with van der Waals surface area (Å²) < 4.78 is 39.2. The highest BCUT2D eigenvalue weighted by Crippen LogP contribution is 2.29. The topological polar surface area (TPSA) is 72.9 Å². The predicted molar refractivity (Wildman–Crippen MR) is 129 cm³/mol. The van der Waals surface area contributed by atoms with Gasteiger partial charge in [-0.25, -0.2) is 8.42 Å². The number of ketones is 1. The maximum atomic E-state index is 13.5. The second kappa shape index (κ2) is 10.2. The van der Waals surface area contributed by atoms with Crippen LogP contribution in [0.3, 0.4) is 0 Å². The Morgan fingerprint density at radius 2 is 1.48 bits per heavy atom. The van der Waals surface area contributed by atoms with Gasteiger partial charge in [0.15, 0.2) is 17.3 Å². The van der Waals surface area contributed by atoms with Crippen LogP contribution in [-0.4, -0.2) is 39.3 Å². The van der Waals surface area contributed by atoms with Crippen LogP contribution in [0, 0.1) is 6.92 Å². The summed E-state index contributed by atoms with van der Waals surface area (Å²) in [6.07, 6.45) is 5.39. The van der Waals surface area contributed by atoms with Crippen molar-refractivity contribution in [3.8, 4) is 11.5 Å². The van der Waals surface area contributed by atoms with Gasteiger partial charge in [-0.1, -0.05) is 29.8 Å². The van der Waals surface area contributed by atoms with Gasteiger partial charge in [-0.2, -0.15) is 4.31 Å². The fraction of sp³-hybridized carbons (Fsp3) is 0.269. The molecule has 0 unspecified atom stereocenters. The Balaban J connectivity index is 1.99. The molecule has 0 radical (unpaired) electrons. The minimum Gasteiger partial charge on any atom is -0.493 e. The number of methoxy groups -OCH3 is 2. The van der Waals surface area contributed by atoms with Crippen LogP contribution >= 0.6 is 0 Å². The van der Waals surface area contributed by atoms with Crippen molar-refractivity contribution in [2.45, 2.75) is 32.2 Å². The number of benzene rings is 2. The predicted octanol–water partition coefficient (Wildman–Crippen LogP) is 4.60. The molecule has 1 aliphatic carbocycles. The Hall–Kier alpha value is -3.16. The van der Waals surface area contributed by atoms with Crippen molar-refractivity contribution < 1.29 is 22.7 Å². The molecule has 0 saturated heterocycles. The van der Waals surface area contributed by atoms with E-state index in [1.54, 1.807) is 76.6 Å². The molecule has 0 amide bonds. The van der Waals surface area contributed by atoms with Crippen molar-refractivity contribution in [1.82, 2.24) is 4.31 Å². The van der Waals surface area contributed by atoms with E-state index in [1.165, 1.54) is 4.31 Å². The number of sulfonamides is 1. The lowest BCUT2D eigenvalue weighted by molar-refractivity contribution is -0.112. The molecule has 0 atom stereocenters. The first-order valence-electron chi connectivity index (χ1n) is 10.5. The van der Waals surface area contributed by atoms with Crippen molar-refractivity contribution in [3.63, 3.8) is 0 Å². The molecule has 7 heteroatoms. The van der Waals surface area contributed by atoms with Gasteiger partial charge in [0.1, 0.15) is 0 Å². The molecule has 0 heterocycles. The van der Waals surface area contributed by atoms with Gasteiger partial charge in [0.05, 0.1) is 19.1 Å². The fourth-order valence-electron chi connectivity index (χ4n) is 3.60. The lowest BCUT2D eigenvalue weighted by Gasteiger charge is -2.22. The van der Waals surface area contributed by atoms with Gasteiger partial charge in [-0.05, 0) is 79.5 Å². The molecule has 174 valence electrons. The molecule has 6 nitrogen and oxygen atoms in total. The van der Waals surface area contributed by atoms with Crippen LogP contribution in [0.5, 0.6) is 11.5 Å². The zero-order valence-corrected chi connectivity index (χ0v) is 20.4. The lowest BCUT2D eigenvalue weighted by Crippen LogP contribution is -2.31. The van der Waals surface area contributed by atoms with Crippen LogP contribution in [0.25, 0.3) is 0 Å². The number of carbonyl (C=O) groups is 1. The van der Waals surface area contributed by atoms with E-state index in [1.807, 2.05) is 19.1 Å². The molecule has 0 fully saturated rings. The molecule has 1 aliphatic rings. The first-order chi connectivity index (χ1) is 15.6. The number of ether oxygens (including phenoxy) is 2. The smallest absolute Gasteiger partial charge is 0.243 e. The number of aryl methyl sites for hydroxylation is 1. The van der Waals surface area contributed by atoms with Gasteiger partial charge in [-0.3, -0.25) is 4.79 Å². The number of hydrogen-bond donors (Lipinski definition) is 0. The van der Waals surface area contributed by atoms with Crippen molar-refractivity contribution in [2.24, 2.45) is 0 Å². The first kappa shape index (κ1) is 24.5. The summed E-state index contributed by atoms with van der Waals surface area (Å²) in [6, 6.07) is 12.2. The van der Waals surface area contributed by atoms with Crippen LogP contribution in [0.4, 0.5) is 0 Å². The molecule has 33 heavy (non-hydrogen) atoms. The van der Waals surface area contributed by atoms with E-state index in [-0.39, 0.29) is 23.8 Å². The third-order valence-electron chi connectivity index (χ3n) is 5.48. The number of nitrogens with zero attached hydrogens (tertiary/aromatic N) is 1. The highest BCUT2D eigenvalue weighted by atomic mass is 32.2. The van der Waals surface area contributed by atoms with Crippen LogP contribution in [0.2, 0.25) is 0 Å². The monoisotopic (exact) mass is 467 g/mol. The van der Waals surface area contributed by atoms with Crippen LogP contribution in [0.1, 0.15) is 25.0 Å². The first-order valence-corrected chi connectivity index (χ1v) is 12.0. The molecule has 0 spiro atoms. The number of Topliss-reactive ketones (excluding diaryl/α,β-unsaturated/α-hetero) is 1. The average molecular weight is 468 g/mol. The average Bonchev–Trinajstić information content (AvgIpc) is 2.80. The number of carbonyl (C=O) groups excluding carboxylic acids is 1. The molecular formula is C26H29NO5S. The van der Waals surface area contributed by atoms with Crippen LogP contribution < -0.4 is 9.47 Å². The van der Waals surface area contributed by atoms with Crippen molar-refractivity contribution >= 4 is 15.8 Å². The summed E-state index contributed by atoms with van der Waals surface area (Å²) in [6.45, 7) is 5.72. The molecule has 0 bridgehead atoms. The van der Waals surface area contributed by atoms with Crippen molar-refractivity contribution in [3.05, 3.63) is 88.5 Å². The lowest BCUT2D eigenvalue weighted by atomic mass is 9.95. The van der Waals surface area contributed by atoms with Crippen molar-refractivity contribution in [2.75, 3.05) is 20.8 Å². The maximum Gasteiger partial charge on any atom is 0.243 e. The highest BCUT2D eigenvalue weighted by molar-refractivity contribution is 7.89. The Kier molecular flexibility index (Phi) is 7.56. The van der Waals surface area contributed by atoms with E-state index in [0.29, 0.717) is 22.6 Å². The van der Waals surface area contributed by atoms with E-state index >= 15 is 0 Å². The number of allylic oxidation sites excluding steroid dienone is 5. The fourth-order valence-corrected chi connectivity index (χ4v) is 4.97. The van der Waals surface area contributed by atoms with Gasteiger partial charge >= 0.3 is 0 Å². The molecule has 0 aromatic heterocycles. The normalized spacial score (nSPS) is 14.1. The molecule has 0 saturated carbocycles. The number of rotatable bonds is 8. The second-order valence-electron chi connectivity index (χ2n) is 7.99. The second-order valence-corrected chi connectivity index (χ2v) is 9.93. The standard InChI is InChI=1S/C26H29NO5S/c1-18-6-9-23(10-7-18)33(29,30)27(13-12-21-14-19(2)26(28)20(3)15-21)17-22-8-11-24(31-4)25(16-22)32-5/h6-12,14-16H,13,17H2,1-5H3. The third-order valence-corrected chi connectivity index (χ3v) is 7.30. The SMILES string of the molecule is COc1ccc(CN(CC=C2C=C(C)C(=O)C(C)=C2)S(=O)(=O)c2ccc(C)cc2)cc1OC. The zero-order valence-electron chi connectivity index (χ0n) is 19.6. The minimum atomic E-state index is -3.78. The van der Waals surface area contributed by atoms with Crippen LogP contribution in [-0.2, 0) is 21.4 Å². The Morgan fingerprint density at radius 1 is 0.879 bits per heavy atom. The summed E-state index contributed by atoms with van der Waals surface area (Å²) in [5, 5.41) is 0. The minimum absolute atomic E-state index is 0.00149. The molecular weight excluding hydrogens is 438 g/mol. The van der Waals surface area contributed by atoms with Crippen molar-refractivity contribution in [1.29, 1.82) is 0 Å². The van der Waals surface area contributed by atoms with E-state index in [4.69, 9.17) is 9.47 Å². The summed E-state index contributed by atoms with van der Waals surface area (Å²) in [7, 11) is -0.686. The Morgan fingerprint density at radius 3 is 2.06 bits per heavy atom. The molecule has 2 aromatic rings. The van der Waals surface area contributed by atoms with Gasteiger partial charge in [-0.15, -0.1) is 0 Å². The van der Waals surface area contributed by atoms with Gasteiger partial charge in [0.2, 0.25) is 10.0 Å². The maximum absolute atomic E-state index is 13.5. The van der Waals surface area contributed by atoms with E-state index in [0.717, 1.165) is 16.7 Å². The summed E-state index contributed by atoms with van der Waals surface area (Å²) in [5.41, 5.74) is 3.82. The largest absolute Gasteiger partial charge is 0.493 e. The van der Waals surface area contributed by atoms with E-state index in [2.05, 4.69) is 0 Å². The molecule has 0 N–H and O–H groups in total. The molecule has 2 aromatic carbocycles. The highest BCUT2D eigenvalue weighted by Gasteiger charge is 2.25. The summed E-state index contributed by atoms with van der Waals surface area (Å²) in [4.78, 5) is 12.3. The van der Waals surface area contributed by atoms with E-state index < -0.39 is 10.0 Å². The van der Waals surface area contributed by atoms with Crippen LogP contribution in [0.15, 0.2) is 82.3 Å². The van der Waals surface area contributed by atoms with Gasteiger partial charge in [0.25, 0.3) is 0 Å². The number of hydrogen-bond acceptors (Lipinski definition) is 5. The molecule has 0 aliphatic heterocycles. The zero-order chi connectivity index (χ0) is 24.2. The Labute approximate surface area is 195 Å². The quantitative estimate of drug-likeness (QED) is 0.567. The summed E-state index contributed by atoms with van der Waals surface area (Å²) in [5.74, 6) is 1.11. The Bertz CT molecular complexity index is 1210. The molecule has 3 rings (SSSR count).